The van der Waals surface area contributed by atoms with Gasteiger partial charge in [-0.1, -0.05) is 23.9 Å². The molecule has 0 aliphatic carbocycles. The fourth-order valence-corrected chi connectivity index (χ4v) is 4.35. The minimum absolute atomic E-state index is 0.389. The number of fused-ring (bicyclic) bond motifs is 2. The Hall–Kier alpha value is -1.79. The SMILES string of the molecule is CC(C)n1c(SCc2cn3ccsc3n2)nc2ccccc21. The second-order valence-electron chi connectivity index (χ2n) is 5.46. The van der Waals surface area contributed by atoms with Gasteiger partial charge in [0.2, 0.25) is 0 Å². The second-order valence-corrected chi connectivity index (χ2v) is 7.28. The summed E-state index contributed by atoms with van der Waals surface area (Å²) >= 11 is 3.42. The monoisotopic (exact) mass is 328 g/mol. The van der Waals surface area contributed by atoms with E-state index in [0.29, 0.717) is 6.04 Å². The molecule has 112 valence electrons. The largest absolute Gasteiger partial charge is 0.316 e. The van der Waals surface area contributed by atoms with Crippen molar-refractivity contribution in [2.75, 3.05) is 0 Å². The summed E-state index contributed by atoms with van der Waals surface area (Å²) in [4.78, 5) is 10.5. The van der Waals surface area contributed by atoms with Crippen LogP contribution >= 0.6 is 23.1 Å². The molecule has 0 unspecified atom stereocenters. The van der Waals surface area contributed by atoms with Crippen LogP contribution in [0.15, 0.2) is 47.2 Å². The lowest BCUT2D eigenvalue weighted by molar-refractivity contribution is 0.566. The Morgan fingerprint density at radius 2 is 2.09 bits per heavy atom. The van der Waals surface area contributed by atoms with E-state index in [1.807, 2.05) is 12.3 Å². The van der Waals surface area contributed by atoms with E-state index in [0.717, 1.165) is 27.1 Å². The van der Waals surface area contributed by atoms with E-state index >= 15 is 0 Å². The van der Waals surface area contributed by atoms with Gasteiger partial charge < -0.3 is 4.57 Å². The Labute approximate surface area is 136 Å². The van der Waals surface area contributed by atoms with Crippen LogP contribution in [0.3, 0.4) is 0 Å². The van der Waals surface area contributed by atoms with Gasteiger partial charge in [0.25, 0.3) is 0 Å². The molecule has 0 atom stereocenters. The number of nitrogens with zero attached hydrogens (tertiary/aromatic N) is 4. The van der Waals surface area contributed by atoms with Crippen LogP contribution in [-0.2, 0) is 5.75 Å². The van der Waals surface area contributed by atoms with Crippen molar-refractivity contribution in [1.82, 2.24) is 18.9 Å². The molecule has 3 heterocycles. The predicted molar refractivity (Wildman–Crippen MR) is 92.7 cm³/mol. The lowest BCUT2D eigenvalue weighted by atomic mass is 10.3. The van der Waals surface area contributed by atoms with Crippen molar-refractivity contribution in [1.29, 1.82) is 0 Å². The number of rotatable bonds is 4. The fourth-order valence-electron chi connectivity index (χ4n) is 2.61. The molecule has 0 fully saturated rings. The third-order valence-electron chi connectivity index (χ3n) is 3.57. The number of thiazole rings is 1. The normalized spacial score (nSPS) is 12.0. The maximum absolute atomic E-state index is 4.78. The van der Waals surface area contributed by atoms with Gasteiger partial charge in [-0.15, -0.1) is 11.3 Å². The van der Waals surface area contributed by atoms with E-state index in [-0.39, 0.29) is 0 Å². The van der Waals surface area contributed by atoms with Crippen LogP contribution in [0, 0.1) is 0 Å². The molecule has 0 spiro atoms. The van der Waals surface area contributed by atoms with Crippen molar-refractivity contribution in [3.8, 4) is 0 Å². The van der Waals surface area contributed by atoms with Crippen LogP contribution in [0.5, 0.6) is 0 Å². The topological polar surface area (TPSA) is 35.1 Å². The summed E-state index contributed by atoms with van der Waals surface area (Å²) in [6.45, 7) is 4.40. The standard InChI is InChI=1S/C16H16N4S2/c1-11(2)20-14-6-4-3-5-13(14)18-16(20)22-10-12-9-19-7-8-21-15(19)17-12/h3-9,11H,10H2,1-2H3. The maximum atomic E-state index is 4.78. The van der Waals surface area contributed by atoms with Crippen molar-refractivity contribution >= 4 is 39.1 Å². The lowest BCUT2D eigenvalue weighted by Gasteiger charge is -2.12. The highest BCUT2D eigenvalue weighted by molar-refractivity contribution is 7.98. The third kappa shape index (κ3) is 2.32. The van der Waals surface area contributed by atoms with Gasteiger partial charge in [0.1, 0.15) is 0 Å². The summed E-state index contributed by atoms with van der Waals surface area (Å²) in [5.41, 5.74) is 3.36. The lowest BCUT2D eigenvalue weighted by Crippen LogP contribution is -2.02. The minimum Gasteiger partial charge on any atom is -0.316 e. The molecule has 0 bridgehead atoms. The molecule has 4 aromatic rings. The van der Waals surface area contributed by atoms with Crippen LogP contribution in [0.1, 0.15) is 25.6 Å². The first-order valence-corrected chi connectivity index (χ1v) is 9.10. The second kappa shape index (κ2) is 5.44. The zero-order chi connectivity index (χ0) is 15.1. The Bertz CT molecular complexity index is 903. The van der Waals surface area contributed by atoms with Crippen molar-refractivity contribution in [2.45, 2.75) is 30.8 Å². The van der Waals surface area contributed by atoms with Gasteiger partial charge in [0.05, 0.1) is 16.7 Å². The Kier molecular flexibility index (Phi) is 3.43. The van der Waals surface area contributed by atoms with E-state index in [2.05, 4.69) is 57.6 Å². The zero-order valence-electron chi connectivity index (χ0n) is 12.4. The van der Waals surface area contributed by atoms with E-state index in [9.17, 15) is 0 Å². The van der Waals surface area contributed by atoms with Gasteiger partial charge in [-0.25, -0.2) is 9.97 Å². The molecule has 0 saturated heterocycles. The predicted octanol–water partition coefficient (Wildman–Crippen LogP) is 4.62. The fraction of sp³-hybridized carbons (Fsp3) is 0.250. The number of hydrogen-bond acceptors (Lipinski definition) is 4. The van der Waals surface area contributed by atoms with Crippen molar-refractivity contribution in [3.63, 3.8) is 0 Å². The first-order chi connectivity index (χ1) is 10.7. The number of imidazole rings is 2. The Balaban J connectivity index is 1.65. The van der Waals surface area contributed by atoms with Gasteiger partial charge in [0, 0.05) is 29.6 Å². The molecule has 0 saturated carbocycles. The van der Waals surface area contributed by atoms with Gasteiger partial charge >= 0.3 is 0 Å². The first kappa shape index (κ1) is 13.8. The third-order valence-corrected chi connectivity index (χ3v) is 5.33. The van der Waals surface area contributed by atoms with Gasteiger partial charge in [-0.3, -0.25) is 4.40 Å². The zero-order valence-corrected chi connectivity index (χ0v) is 14.1. The molecular formula is C16H16N4S2. The molecule has 22 heavy (non-hydrogen) atoms. The molecule has 1 aromatic carbocycles. The van der Waals surface area contributed by atoms with E-state index in [1.165, 1.54) is 5.52 Å². The number of thioether (sulfide) groups is 1. The molecule has 3 aromatic heterocycles. The van der Waals surface area contributed by atoms with Crippen LogP contribution in [0.25, 0.3) is 16.0 Å². The Morgan fingerprint density at radius 3 is 2.91 bits per heavy atom. The molecule has 0 N–H and O–H groups in total. The number of benzene rings is 1. The summed E-state index contributed by atoms with van der Waals surface area (Å²) < 4.78 is 4.38. The first-order valence-electron chi connectivity index (χ1n) is 7.23. The molecule has 4 nitrogen and oxygen atoms in total. The summed E-state index contributed by atoms with van der Waals surface area (Å²) in [7, 11) is 0. The molecule has 0 aliphatic heterocycles. The van der Waals surface area contributed by atoms with E-state index in [1.54, 1.807) is 23.1 Å². The van der Waals surface area contributed by atoms with Gasteiger partial charge in [0.15, 0.2) is 10.1 Å². The molecule has 0 amide bonds. The van der Waals surface area contributed by atoms with Crippen molar-refractivity contribution in [3.05, 3.63) is 47.7 Å². The number of hydrogen-bond donors (Lipinski definition) is 0. The van der Waals surface area contributed by atoms with Crippen LogP contribution in [0.4, 0.5) is 0 Å². The van der Waals surface area contributed by atoms with E-state index in [4.69, 9.17) is 4.98 Å². The average Bonchev–Trinajstić information content (AvgIpc) is 3.16. The van der Waals surface area contributed by atoms with Gasteiger partial charge in [-0.05, 0) is 26.0 Å². The summed E-state index contributed by atoms with van der Waals surface area (Å²) in [6.07, 6.45) is 4.14. The van der Waals surface area contributed by atoms with E-state index < -0.39 is 0 Å². The summed E-state index contributed by atoms with van der Waals surface area (Å²) in [5.74, 6) is 0.838. The van der Waals surface area contributed by atoms with Crippen LogP contribution < -0.4 is 0 Å². The molecule has 0 radical (unpaired) electrons. The van der Waals surface area contributed by atoms with Crippen LogP contribution in [-0.4, -0.2) is 18.9 Å². The summed E-state index contributed by atoms with van der Waals surface area (Å²) in [5, 5.41) is 3.12. The molecule has 6 heteroatoms. The van der Waals surface area contributed by atoms with Crippen molar-refractivity contribution < 1.29 is 0 Å². The maximum Gasteiger partial charge on any atom is 0.193 e. The number of para-hydroxylation sites is 2. The average molecular weight is 328 g/mol. The molecule has 4 rings (SSSR count). The minimum atomic E-state index is 0.389. The molecular weight excluding hydrogens is 312 g/mol. The van der Waals surface area contributed by atoms with Crippen LogP contribution in [0.2, 0.25) is 0 Å². The molecule has 0 aliphatic rings. The number of aromatic nitrogens is 4. The van der Waals surface area contributed by atoms with Gasteiger partial charge in [-0.2, -0.15) is 0 Å². The smallest absolute Gasteiger partial charge is 0.193 e. The Morgan fingerprint density at radius 1 is 1.23 bits per heavy atom. The highest BCUT2D eigenvalue weighted by Gasteiger charge is 2.14. The highest BCUT2D eigenvalue weighted by Crippen LogP contribution is 2.29. The van der Waals surface area contributed by atoms with Crippen molar-refractivity contribution in [2.24, 2.45) is 0 Å². The highest BCUT2D eigenvalue weighted by atomic mass is 32.2. The summed E-state index contributed by atoms with van der Waals surface area (Å²) in [6, 6.07) is 8.71. The quantitative estimate of drug-likeness (QED) is 0.513.